The molecule has 3 aromatic rings. The van der Waals surface area contributed by atoms with Gasteiger partial charge in [0, 0.05) is 15.4 Å². The Kier molecular flexibility index (Phi) is 2.37. The predicted molar refractivity (Wildman–Crippen MR) is 70.9 cm³/mol. The summed E-state index contributed by atoms with van der Waals surface area (Å²) in [7, 11) is 0. The minimum atomic E-state index is 0.246. The zero-order valence-electron chi connectivity index (χ0n) is 8.81. The van der Waals surface area contributed by atoms with Crippen LogP contribution in [0.1, 0.15) is 0 Å². The highest BCUT2D eigenvalue weighted by atomic mass is 79.9. The lowest BCUT2D eigenvalue weighted by atomic mass is 10.1. The Morgan fingerprint density at radius 2 is 2.00 bits per heavy atom. The first-order valence-electron chi connectivity index (χ1n) is 5.17. The number of H-pyrrole nitrogens is 1. The predicted octanol–water partition coefficient (Wildman–Crippen LogP) is 3.70. The number of benzene rings is 2. The summed E-state index contributed by atoms with van der Waals surface area (Å²) in [5.74, 6) is 0.246. The van der Waals surface area contributed by atoms with Crippen LogP contribution in [-0.2, 0) is 0 Å². The Bertz CT molecular complexity index is 691. The van der Waals surface area contributed by atoms with E-state index in [0.717, 1.165) is 26.6 Å². The molecule has 84 valence electrons. The minimum Gasteiger partial charge on any atom is -0.508 e. The number of nitrogens with zero attached hydrogens (tertiary/aromatic N) is 1. The lowest BCUT2D eigenvalue weighted by Gasteiger charge is -1.99. The lowest BCUT2D eigenvalue weighted by Crippen LogP contribution is -1.78. The van der Waals surface area contributed by atoms with Gasteiger partial charge >= 0.3 is 0 Å². The van der Waals surface area contributed by atoms with Crippen LogP contribution in [0.15, 0.2) is 46.9 Å². The van der Waals surface area contributed by atoms with E-state index in [1.165, 1.54) is 0 Å². The molecule has 0 saturated carbocycles. The lowest BCUT2D eigenvalue weighted by molar-refractivity contribution is 0.476. The van der Waals surface area contributed by atoms with Crippen molar-refractivity contribution in [3.63, 3.8) is 0 Å². The van der Waals surface area contributed by atoms with E-state index in [0.29, 0.717) is 0 Å². The number of halogens is 1. The van der Waals surface area contributed by atoms with Crippen LogP contribution in [0.25, 0.3) is 22.2 Å². The molecule has 0 aliphatic carbocycles. The van der Waals surface area contributed by atoms with Crippen molar-refractivity contribution in [1.29, 1.82) is 0 Å². The van der Waals surface area contributed by atoms with E-state index in [1.54, 1.807) is 12.1 Å². The van der Waals surface area contributed by atoms with Gasteiger partial charge in [0.2, 0.25) is 0 Å². The van der Waals surface area contributed by atoms with Gasteiger partial charge in [-0.3, -0.25) is 5.10 Å². The van der Waals surface area contributed by atoms with Crippen molar-refractivity contribution in [1.82, 2.24) is 10.2 Å². The Morgan fingerprint density at radius 3 is 2.82 bits per heavy atom. The fourth-order valence-corrected chi connectivity index (χ4v) is 2.26. The van der Waals surface area contributed by atoms with E-state index < -0.39 is 0 Å². The first-order valence-corrected chi connectivity index (χ1v) is 5.96. The van der Waals surface area contributed by atoms with Gasteiger partial charge in [-0.1, -0.05) is 28.1 Å². The number of rotatable bonds is 1. The molecule has 0 spiro atoms. The Balaban J connectivity index is 2.27. The largest absolute Gasteiger partial charge is 0.508 e. The van der Waals surface area contributed by atoms with Crippen LogP contribution >= 0.6 is 15.9 Å². The smallest absolute Gasteiger partial charge is 0.116 e. The first kappa shape index (κ1) is 10.4. The Labute approximate surface area is 106 Å². The highest BCUT2D eigenvalue weighted by Gasteiger charge is 2.08. The van der Waals surface area contributed by atoms with Gasteiger partial charge in [-0.05, 0) is 30.3 Å². The van der Waals surface area contributed by atoms with Crippen LogP contribution in [0.2, 0.25) is 0 Å². The molecule has 0 aliphatic heterocycles. The van der Waals surface area contributed by atoms with Crippen molar-refractivity contribution in [2.24, 2.45) is 0 Å². The number of aromatic amines is 1. The molecule has 1 aromatic heterocycles. The molecule has 0 radical (unpaired) electrons. The number of phenolic OH excluding ortho intramolecular Hbond substituents is 1. The third kappa shape index (κ3) is 1.80. The molecule has 0 fully saturated rings. The number of aromatic hydroxyl groups is 1. The normalized spacial score (nSPS) is 10.9. The quantitative estimate of drug-likeness (QED) is 0.717. The number of fused-ring (bicyclic) bond motifs is 1. The summed E-state index contributed by atoms with van der Waals surface area (Å²) in [6.07, 6.45) is 0. The molecule has 3 nitrogen and oxygen atoms in total. The molecule has 0 unspecified atom stereocenters. The van der Waals surface area contributed by atoms with Crippen LogP contribution in [-0.4, -0.2) is 15.3 Å². The molecule has 0 atom stereocenters. The Hall–Kier alpha value is -1.81. The number of hydrogen-bond acceptors (Lipinski definition) is 2. The molecular formula is C13H9BrN2O. The zero-order valence-corrected chi connectivity index (χ0v) is 10.4. The van der Waals surface area contributed by atoms with Crippen LogP contribution < -0.4 is 0 Å². The van der Waals surface area contributed by atoms with E-state index in [2.05, 4.69) is 26.1 Å². The summed E-state index contributed by atoms with van der Waals surface area (Å²) < 4.78 is 1.01. The highest BCUT2D eigenvalue weighted by molar-refractivity contribution is 9.10. The third-order valence-electron chi connectivity index (χ3n) is 2.64. The number of hydrogen-bond donors (Lipinski definition) is 2. The van der Waals surface area contributed by atoms with Gasteiger partial charge in [-0.25, -0.2) is 0 Å². The van der Waals surface area contributed by atoms with Crippen molar-refractivity contribution in [3.8, 4) is 17.0 Å². The van der Waals surface area contributed by atoms with E-state index in [-0.39, 0.29) is 5.75 Å². The fourth-order valence-electron chi connectivity index (χ4n) is 1.86. The van der Waals surface area contributed by atoms with Crippen molar-refractivity contribution < 1.29 is 5.11 Å². The van der Waals surface area contributed by atoms with Gasteiger partial charge < -0.3 is 5.11 Å². The molecule has 0 amide bonds. The van der Waals surface area contributed by atoms with Crippen LogP contribution in [0.3, 0.4) is 0 Å². The number of nitrogens with one attached hydrogen (secondary N) is 1. The molecule has 0 saturated heterocycles. The van der Waals surface area contributed by atoms with E-state index in [1.807, 2.05) is 30.3 Å². The summed E-state index contributed by atoms with van der Waals surface area (Å²) >= 11 is 3.44. The summed E-state index contributed by atoms with van der Waals surface area (Å²) in [5.41, 5.74) is 2.77. The highest BCUT2D eigenvalue weighted by Crippen LogP contribution is 2.29. The van der Waals surface area contributed by atoms with Gasteiger partial charge in [-0.2, -0.15) is 5.10 Å². The van der Waals surface area contributed by atoms with Crippen LogP contribution in [0.4, 0.5) is 0 Å². The zero-order chi connectivity index (χ0) is 11.8. The summed E-state index contributed by atoms with van der Waals surface area (Å²) in [6, 6.07) is 13.1. The molecule has 2 aromatic carbocycles. The van der Waals surface area contributed by atoms with E-state index in [4.69, 9.17) is 0 Å². The maximum Gasteiger partial charge on any atom is 0.116 e. The average Bonchev–Trinajstić information content (AvgIpc) is 2.71. The number of aromatic nitrogens is 2. The summed E-state index contributed by atoms with van der Waals surface area (Å²) in [5, 5.41) is 17.7. The van der Waals surface area contributed by atoms with Gasteiger partial charge in [0.05, 0.1) is 5.52 Å². The van der Waals surface area contributed by atoms with Crippen molar-refractivity contribution >= 4 is 26.8 Å². The second-order valence-electron chi connectivity index (χ2n) is 3.81. The molecule has 3 rings (SSSR count). The maximum atomic E-state index is 9.52. The second-order valence-corrected chi connectivity index (χ2v) is 4.73. The molecule has 17 heavy (non-hydrogen) atoms. The van der Waals surface area contributed by atoms with Crippen molar-refractivity contribution in [2.45, 2.75) is 0 Å². The van der Waals surface area contributed by atoms with E-state index in [9.17, 15) is 5.11 Å². The molecule has 0 aliphatic rings. The van der Waals surface area contributed by atoms with Crippen LogP contribution in [0.5, 0.6) is 5.75 Å². The fraction of sp³-hybridized carbons (Fsp3) is 0. The number of phenols is 1. The van der Waals surface area contributed by atoms with Gasteiger partial charge in [-0.15, -0.1) is 0 Å². The second kappa shape index (κ2) is 3.89. The molecule has 0 bridgehead atoms. The van der Waals surface area contributed by atoms with Gasteiger partial charge in [0.25, 0.3) is 0 Å². The first-order chi connectivity index (χ1) is 8.24. The maximum absolute atomic E-state index is 9.52. The van der Waals surface area contributed by atoms with Gasteiger partial charge in [0.1, 0.15) is 11.4 Å². The van der Waals surface area contributed by atoms with Crippen molar-refractivity contribution in [2.75, 3.05) is 0 Å². The summed E-state index contributed by atoms with van der Waals surface area (Å²) in [4.78, 5) is 0. The molecule has 4 heteroatoms. The molecule has 1 heterocycles. The SMILES string of the molecule is Oc1ccc2[nH]nc(-c3cccc(Br)c3)c2c1. The van der Waals surface area contributed by atoms with Crippen LogP contribution in [0, 0.1) is 0 Å². The minimum absolute atomic E-state index is 0.246. The van der Waals surface area contributed by atoms with E-state index >= 15 is 0 Å². The average molecular weight is 289 g/mol. The molecular weight excluding hydrogens is 280 g/mol. The topological polar surface area (TPSA) is 48.9 Å². The third-order valence-corrected chi connectivity index (χ3v) is 3.14. The molecule has 2 N–H and O–H groups in total. The van der Waals surface area contributed by atoms with Gasteiger partial charge in [0.15, 0.2) is 0 Å². The monoisotopic (exact) mass is 288 g/mol. The standard InChI is InChI=1S/C13H9BrN2O/c14-9-3-1-2-8(6-9)13-11-7-10(17)4-5-12(11)15-16-13/h1-7,17H,(H,15,16). The Morgan fingerprint density at radius 1 is 1.12 bits per heavy atom. The van der Waals surface area contributed by atoms with Crippen molar-refractivity contribution in [3.05, 3.63) is 46.9 Å². The summed E-state index contributed by atoms with van der Waals surface area (Å²) in [6.45, 7) is 0.